The van der Waals surface area contributed by atoms with Crippen LogP contribution in [0.3, 0.4) is 0 Å². The third-order valence-corrected chi connectivity index (χ3v) is 9.63. The average molecular weight is 754 g/mol. The number of amides is 1. The summed E-state index contributed by atoms with van der Waals surface area (Å²) in [5.41, 5.74) is 6.13. The number of aliphatic hydroxyl groups is 4. The summed E-state index contributed by atoms with van der Waals surface area (Å²) in [6.07, 6.45) is 4.22. The lowest BCUT2D eigenvalue weighted by atomic mass is 9.97. The van der Waals surface area contributed by atoms with E-state index in [1.165, 1.54) is 0 Å². The number of nitrogens with one attached hydrogen (secondary N) is 2. The Hall–Kier alpha value is -5.60. The second-order valence-electron chi connectivity index (χ2n) is 13.1. The van der Waals surface area contributed by atoms with Crippen molar-refractivity contribution in [2.45, 2.75) is 64.7 Å². The number of carbonyl (C=O) groups excluding carboxylic acids is 1. The van der Waals surface area contributed by atoms with Gasteiger partial charge in [-0.1, -0.05) is 30.5 Å². The van der Waals surface area contributed by atoms with Crippen molar-refractivity contribution < 1.29 is 48.7 Å². The molecule has 0 saturated carbocycles. The van der Waals surface area contributed by atoms with Gasteiger partial charge < -0.3 is 54.5 Å². The highest BCUT2D eigenvalue weighted by molar-refractivity contribution is 6.02. The highest BCUT2D eigenvalue weighted by Crippen LogP contribution is 2.36. The van der Waals surface area contributed by atoms with Gasteiger partial charge in [-0.05, 0) is 95.8 Å². The lowest BCUT2D eigenvalue weighted by Gasteiger charge is -2.29. The van der Waals surface area contributed by atoms with Crippen molar-refractivity contribution in [3.63, 3.8) is 0 Å². The van der Waals surface area contributed by atoms with Crippen LogP contribution in [0.5, 0.6) is 23.0 Å². The zero-order valence-electron chi connectivity index (χ0n) is 31.0. The van der Waals surface area contributed by atoms with Gasteiger partial charge in [0.25, 0.3) is 5.91 Å². The second-order valence-corrected chi connectivity index (χ2v) is 13.1. The minimum atomic E-state index is -0.448. The van der Waals surface area contributed by atoms with Gasteiger partial charge in [0.05, 0.1) is 59.4 Å². The van der Waals surface area contributed by atoms with Crippen molar-refractivity contribution >= 4 is 11.6 Å². The number of hydrogen-bond donors (Lipinski definition) is 6. The molecule has 0 fully saturated rings. The van der Waals surface area contributed by atoms with Gasteiger partial charge in [0.15, 0.2) is 17.3 Å². The monoisotopic (exact) mass is 753 g/mol. The molecule has 0 saturated heterocycles. The van der Waals surface area contributed by atoms with Crippen LogP contribution in [0.25, 0.3) is 22.6 Å². The molecule has 290 valence electrons. The molecule has 5 aromatic rings. The van der Waals surface area contributed by atoms with Crippen LogP contribution in [0.2, 0.25) is 0 Å². The van der Waals surface area contributed by atoms with Gasteiger partial charge in [0.1, 0.15) is 23.4 Å². The Bertz CT molecular complexity index is 2060. The number of methoxy groups -OCH3 is 2. The lowest BCUT2D eigenvalue weighted by Crippen LogP contribution is -2.38. The van der Waals surface area contributed by atoms with E-state index in [4.69, 9.17) is 23.5 Å². The summed E-state index contributed by atoms with van der Waals surface area (Å²) in [6.45, 7) is -0.0272. The van der Waals surface area contributed by atoms with E-state index in [0.717, 1.165) is 43.2 Å². The summed E-state index contributed by atoms with van der Waals surface area (Å²) < 4.78 is 28.6. The van der Waals surface area contributed by atoms with Crippen molar-refractivity contribution in [3.05, 3.63) is 106 Å². The Morgan fingerprint density at radius 3 is 2.02 bits per heavy atom. The van der Waals surface area contributed by atoms with Crippen LogP contribution in [-0.4, -0.2) is 58.9 Å². The number of rotatable bonds is 19. The van der Waals surface area contributed by atoms with Crippen molar-refractivity contribution in [2.75, 3.05) is 32.8 Å². The molecule has 13 nitrogen and oxygen atoms in total. The van der Waals surface area contributed by atoms with E-state index in [0.29, 0.717) is 86.7 Å². The minimum absolute atomic E-state index is 0.191. The summed E-state index contributed by atoms with van der Waals surface area (Å²) in [7, 11) is 3.15. The number of anilines is 1. The van der Waals surface area contributed by atoms with Crippen molar-refractivity contribution in [1.82, 2.24) is 10.5 Å². The van der Waals surface area contributed by atoms with Crippen LogP contribution in [0.1, 0.15) is 76.4 Å². The van der Waals surface area contributed by atoms with Crippen LogP contribution in [0, 0.1) is 0 Å². The van der Waals surface area contributed by atoms with Crippen LogP contribution in [0.4, 0.5) is 5.69 Å². The van der Waals surface area contributed by atoms with Crippen molar-refractivity contribution in [1.29, 1.82) is 0 Å². The minimum Gasteiger partial charge on any atom is -0.497 e. The van der Waals surface area contributed by atoms with Gasteiger partial charge in [-0.2, -0.15) is 0 Å². The van der Waals surface area contributed by atoms with Crippen molar-refractivity contribution in [2.24, 2.45) is 0 Å². The fourth-order valence-corrected chi connectivity index (χ4v) is 6.59. The number of aromatic nitrogens is 1. The second kappa shape index (κ2) is 18.6. The van der Waals surface area contributed by atoms with Gasteiger partial charge in [0.2, 0.25) is 0 Å². The number of aliphatic hydroxyl groups excluding tert-OH is 4. The molecule has 1 atom stereocenters. The maximum atomic E-state index is 12.8. The molecule has 0 aliphatic carbocycles. The number of nitrogens with zero attached hydrogens (tertiary/aromatic N) is 1. The Labute approximate surface area is 319 Å². The van der Waals surface area contributed by atoms with Gasteiger partial charge in [-0.3, -0.25) is 4.79 Å². The quantitative estimate of drug-likeness (QED) is 0.0522. The highest BCUT2D eigenvalue weighted by atomic mass is 16.5. The number of benzene rings is 4. The number of carbonyl (C=O) groups is 1. The van der Waals surface area contributed by atoms with Crippen LogP contribution < -0.4 is 29.6 Å². The number of fused-ring (bicyclic) bond motifs is 1. The number of hydrogen-bond acceptors (Lipinski definition) is 12. The smallest absolute Gasteiger partial charge is 0.255 e. The van der Waals surface area contributed by atoms with E-state index in [-0.39, 0.29) is 32.3 Å². The SMILES string of the molecule is COc1ccc2c(c1)C(=O)NC(c1ccc(OCCCCCCCOc3cc(-c4cc(-c5cc(CO)c(CO)c(CO)c5)no4)ccc3OC)c(CO)c1)N2. The van der Waals surface area contributed by atoms with Gasteiger partial charge in [-0.25, -0.2) is 0 Å². The molecule has 0 bridgehead atoms. The third kappa shape index (κ3) is 9.20. The Kier molecular flexibility index (Phi) is 13.2. The molecule has 6 N–H and O–H groups in total. The molecule has 4 aromatic carbocycles. The molecule has 0 spiro atoms. The summed E-state index contributed by atoms with van der Waals surface area (Å²) in [6, 6.07) is 21.6. The molecular formula is C42H47N3O10. The molecule has 1 amide bonds. The van der Waals surface area contributed by atoms with E-state index in [2.05, 4.69) is 15.8 Å². The molecule has 1 aromatic heterocycles. The summed E-state index contributed by atoms with van der Waals surface area (Å²) in [4.78, 5) is 12.8. The average Bonchev–Trinajstić information content (AvgIpc) is 3.73. The van der Waals surface area contributed by atoms with Crippen LogP contribution >= 0.6 is 0 Å². The molecule has 2 heterocycles. The van der Waals surface area contributed by atoms with E-state index >= 15 is 0 Å². The molecule has 1 unspecified atom stereocenters. The first-order valence-electron chi connectivity index (χ1n) is 18.3. The molecule has 1 aliphatic rings. The molecule has 6 rings (SSSR count). The Morgan fingerprint density at radius 2 is 1.35 bits per heavy atom. The topological polar surface area (TPSA) is 185 Å². The van der Waals surface area contributed by atoms with E-state index in [1.807, 2.05) is 42.5 Å². The zero-order valence-corrected chi connectivity index (χ0v) is 31.0. The molecular weight excluding hydrogens is 706 g/mol. The lowest BCUT2D eigenvalue weighted by molar-refractivity contribution is 0.0935. The first kappa shape index (κ1) is 39.1. The van der Waals surface area contributed by atoms with Crippen LogP contribution in [0.15, 0.2) is 77.3 Å². The molecule has 55 heavy (non-hydrogen) atoms. The van der Waals surface area contributed by atoms with Gasteiger partial charge >= 0.3 is 0 Å². The maximum absolute atomic E-state index is 12.8. The predicted octanol–water partition coefficient (Wildman–Crippen LogP) is 6.26. The predicted molar refractivity (Wildman–Crippen MR) is 205 cm³/mol. The summed E-state index contributed by atoms with van der Waals surface area (Å²) in [5, 5.41) is 49.9. The first-order valence-corrected chi connectivity index (χ1v) is 18.3. The van der Waals surface area contributed by atoms with Crippen LogP contribution in [-0.2, 0) is 26.4 Å². The Morgan fingerprint density at radius 1 is 0.655 bits per heavy atom. The summed E-state index contributed by atoms with van der Waals surface area (Å²) >= 11 is 0. The largest absolute Gasteiger partial charge is 0.497 e. The third-order valence-electron chi connectivity index (χ3n) is 9.63. The highest BCUT2D eigenvalue weighted by Gasteiger charge is 2.26. The maximum Gasteiger partial charge on any atom is 0.255 e. The van der Waals surface area contributed by atoms with E-state index < -0.39 is 6.17 Å². The van der Waals surface area contributed by atoms with Gasteiger partial charge in [0, 0.05) is 28.4 Å². The Balaban J connectivity index is 0.946. The van der Waals surface area contributed by atoms with Crippen molar-refractivity contribution in [3.8, 4) is 45.6 Å². The normalized spacial score (nSPS) is 13.5. The standard InChI is InChI=1S/C42H47N3O10/c1-51-32-10-11-35-33(20-32)42(50)44-41(43-35)27-9-12-37(31(16-27)24-48)53-14-6-4-3-5-7-15-54-40-19-26(8-13-38(40)52-2)39-21-36(45-55-39)28-17-29(22-46)34(25-49)30(18-28)23-47/h8-13,16-21,41,43,46-49H,3-7,14-15,22-25H2,1-2H3,(H,44,50). The number of unbranched alkanes of at least 4 members (excludes halogenated alkanes) is 4. The molecule has 1 aliphatic heterocycles. The van der Waals surface area contributed by atoms with E-state index in [1.54, 1.807) is 44.6 Å². The fourth-order valence-electron chi connectivity index (χ4n) is 6.59. The number of ether oxygens (including phenoxy) is 4. The first-order chi connectivity index (χ1) is 26.9. The molecule has 0 radical (unpaired) electrons. The molecule has 13 heteroatoms. The van der Waals surface area contributed by atoms with E-state index in [9.17, 15) is 25.2 Å². The summed E-state index contributed by atoms with van der Waals surface area (Å²) in [5.74, 6) is 2.71. The fraction of sp³-hybridized carbons (Fsp3) is 0.333. The zero-order chi connectivity index (χ0) is 38.7. The van der Waals surface area contributed by atoms with Gasteiger partial charge in [-0.15, -0.1) is 0 Å².